The maximum atomic E-state index is 13.7. The lowest BCUT2D eigenvalue weighted by Crippen LogP contribution is -2.21. The number of methoxy groups -OCH3 is 1. The van der Waals surface area contributed by atoms with E-state index in [2.05, 4.69) is 5.32 Å². The van der Waals surface area contributed by atoms with Gasteiger partial charge >= 0.3 is 5.97 Å². The summed E-state index contributed by atoms with van der Waals surface area (Å²) in [6, 6.07) is 21.9. The number of hydrogen-bond donors (Lipinski definition) is 1. The Morgan fingerprint density at radius 1 is 0.933 bits per heavy atom. The summed E-state index contributed by atoms with van der Waals surface area (Å²) in [5.74, 6) is -1.30. The molecule has 3 aromatic carbocycles. The molecule has 1 amide bonds. The lowest BCUT2D eigenvalue weighted by Gasteiger charge is -2.11. The second kappa shape index (κ2) is 10.0. The van der Waals surface area contributed by atoms with Crippen molar-refractivity contribution in [3.63, 3.8) is 0 Å². The number of para-hydroxylation sites is 2. The van der Waals surface area contributed by atoms with Gasteiger partial charge < -0.3 is 14.8 Å². The van der Waals surface area contributed by atoms with Crippen LogP contribution in [0, 0.1) is 5.82 Å². The highest BCUT2D eigenvalue weighted by Crippen LogP contribution is 2.25. The molecule has 0 bridgehead atoms. The normalized spacial score (nSPS) is 10.9. The molecule has 0 saturated heterocycles. The van der Waals surface area contributed by atoms with Gasteiger partial charge in [-0.25, -0.2) is 9.18 Å². The summed E-state index contributed by atoms with van der Waals surface area (Å²) in [6.07, 6.45) is 1.64. The predicted octanol–water partition coefficient (Wildman–Crippen LogP) is 4.56. The summed E-state index contributed by atoms with van der Waals surface area (Å²) in [4.78, 5) is 24.9. The third-order valence-electron chi connectivity index (χ3n) is 4.23. The molecular weight excluding hydrogens is 385 g/mol. The van der Waals surface area contributed by atoms with Crippen LogP contribution < -0.4 is 10.1 Å². The van der Waals surface area contributed by atoms with Gasteiger partial charge in [-0.1, -0.05) is 60.7 Å². The van der Waals surface area contributed by atoms with E-state index in [0.717, 1.165) is 0 Å². The number of rotatable bonds is 7. The monoisotopic (exact) mass is 405 g/mol. The van der Waals surface area contributed by atoms with Crippen molar-refractivity contribution in [2.45, 2.75) is 0 Å². The summed E-state index contributed by atoms with van der Waals surface area (Å²) in [6.45, 7) is -0.552. The Morgan fingerprint density at radius 3 is 2.33 bits per heavy atom. The zero-order chi connectivity index (χ0) is 21.3. The number of carbonyl (C=O) groups is 2. The summed E-state index contributed by atoms with van der Waals surface area (Å²) in [5.41, 5.74) is 1.60. The third kappa shape index (κ3) is 5.32. The molecule has 152 valence electrons. The van der Waals surface area contributed by atoms with E-state index in [9.17, 15) is 14.0 Å². The molecule has 0 saturated carbocycles. The topological polar surface area (TPSA) is 64.6 Å². The molecule has 0 fully saturated rings. The highest BCUT2D eigenvalue weighted by atomic mass is 19.1. The van der Waals surface area contributed by atoms with Crippen molar-refractivity contribution in [2.75, 3.05) is 19.0 Å². The van der Waals surface area contributed by atoms with Gasteiger partial charge in [0.15, 0.2) is 6.61 Å². The van der Waals surface area contributed by atoms with Crippen molar-refractivity contribution in [1.82, 2.24) is 0 Å². The van der Waals surface area contributed by atoms with Crippen LogP contribution in [-0.4, -0.2) is 25.6 Å². The van der Waals surface area contributed by atoms with Crippen LogP contribution >= 0.6 is 0 Å². The number of ether oxygens (including phenoxy) is 2. The number of nitrogens with one attached hydrogen (secondary N) is 1. The zero-order valence-corrected chi connectivity index (χ0v) is 16.3. The molecule has 0 unspecified atom stereocenters. The fourth-order valence-electron chi connectivity index (χ4n) is 2.78. The van der Waals surface area contributed by atoms with Crippen molar-refractivity contribution in [2.24, 2.45) is 0 Å². The number of anilines is 1. The summed E-state index contributed by atoms with van der Waals surface area (Å²) >= 11 is 0. The van der Waals surface area contributed by atoms with Crippen molar-refractivity contribution >= 4 is 29.2 Å². The van der Waals surface area contributed by atoms with E-state index >= 15 is 0 Å². The van der Waals surface area contributed by atoms with Gasteiger partial charge in [-0.15, -0.1) is 0 Å². The molecule has 0 aliphatic carbocycles. The average molecular weight is 405 g/mol. The van der Waals surface area contributed by atoms with Gasteiger partial charge in [0, 0.05) is 5.56 Å². The fraction of sp³-hybridized carbons (Fsp3) is 0.0833. The van der Waals surface area contributed by atoms with E-state index in [1.165, 1.54) is 18.2 Å². The number of carbonyl (C=O) groups excluding carboxylic acids is 2. The van der Waals surface area contributed by atoms with Gasteiger partial charge in [-0.2, -0.15) is 0 Å². The minimum Gasteiger partial charge on any atom is -0.496 e. The van der Waals surface area contributed by atoms with E-state index in [1.54, 1.807) is 55.7 Å². The van der Waals surface area contributed by atoms with Crippen LogP contribution in [0.5, 0.6) is 5.75 Å². The lowest BCUT2D eigenvalue weighted by atomic mass is 10.0. The van der Waals surface area contributed by atoms with Crippen LogP contribution in [0.4, 0.5) is 10.1 Å². The van der Waals surface area contributed by atoms with Gasteiger partial charge in [-0.3, -0.25) is 4.79 Å². The first-order valence-corrected chi connectivity index (χ1v) is 9.20. The van der Waals surface area contributed by atoms with E-state index in [-0.39, 0.29) is 11.3 Å². The molecule has 0 aromatic heterocycles. The molecular formula is C24H20FNO4. The van der Waals surface area contributed by atoms with Crippen LogP contribution in [0.1, 0.15) is 11.1 Å². The molecule has 0 radical (unpaired) electrons. The number of hydrogen-bond acceptors (Lipinski definition) is 4. The van der Waals surface area contributed by atoms with Gasteiger partial charge in [0.1, 0.15) is 11.6 Å². The SMILES string of the molecule is COc1ccccc1/C=C(/C(=O)OCC(=O)Nc1ccccc1F)c1ccccc1. The van der Waals surface area contributed by atoms with E-state index in [4.69, 9.17) is 9.47 Å². The number of esters is 1. The highest BCUT2D eigenvalue weighted by Gasteiger charge is 2.17. The number of halogens is 1. The molecule has 30 heavy (non-hydrogen) atoms. The molecule has 0 atom stereocenters. The molecule has 3 aromatic rings. The Bertz CT molecular complexity index is 1060. The van der Waals surface area contributed by atoms with Crippen LogP contribution in [-0.2, 0) is 14.3 Å². The molecule has 0 spiro atoms. The van der Waals surface area contributed by atoms with Crippen molar-refractivity contribution in [1.29, 1.82) is 0 Å². The molecule has 0 heterocycles. The zero-order valence-electron chi connectivity index (χ0n) is 16.3. The smallest absolute Gasteiger partial charge is 0.339 e. The van der Waals surface area contributed by atoms with Crippen molar-refractivity contribution in [3.8, 4) is 5.75 Å². The second-order valence-corrected chi connectivity index (χ2v) is 6.27. The van der Waals surface area contributed by atoms with Gasteiger partial charge in [-0.05, 0) is 29.8 Å². The minimum atomic E-state index is -0.684. The Hall–Kier alpha value is -3.93. The first-order chi connectivity index (χ1) is 14.6. The van der Waals surface area contributed by atoms with Crippen molar-refractivity contribution in [3.05, 3.63) is 95.8 Å². The van der Waals surface area contributed by atoms with Crippen LogP contribution in [0.3, 0.4) is 0 Å². The van der Waals surface area contributed by atoms with Crippen LogP contribution in [0.2, 0.25) is 0 Å². The average Bonchev–Trinajstić information content (AvgIpc) is 2.78. The summed E-state index contributed by atoms with van der Waals surface area (Å²) in [7, 11) is 1.54. The molecule has 0 aliphatic rings. The highest BCUT2D eigenvalue weighted by molar-refractivity contribution is 6.22. The predicted molar refractivity (Wildman–Crippen MR) is 113 cm³/mol. The Morgan fingerprint density at radius 2 is 1.60 bits per heavy atom. The van der Waals surface area contributed by atoms with E-state index in [1.807, 2.05) is 18.2 Å². The van der Waals surface area contributed by atoms with Gasteiger partial charge in [0.25, 0.3) is 5.91 Å². The minimum absolute atomic E-state index is 0.0198. The van der Waals surface area contributed by atoms with E-state index < -0.39 is 24.3 Å². The summed E-state index contributed by atoms with van der Waals surface area (Å²) < 4.78 is 24.2. The summed E-state index contributed by atoms with van der Waals surface area (Å²) in [5, 5.41) is 2.38. The van der Waals surface area contributed by atoms with Gasteiger partial charge in [0.05, 0.1) is 18.4 Å². The lowest BCUT2D eigenvalue weighted by molar-refractivity contribution is -0.141. The maximum Gasteiger partial charge on any atom is 0.339 e. The molecule has 6 heteroatoms. The maximum absolute atomic E-state index is 13.7. The first kappa shape index (κ1) is 20.8. The second-order valence-electron chi connectivity index (χ2n) is 6.27. The molecule has 3 rings (SSSR count). The number of benzene rings is 3. The van der Waals surface area contributed by atoms with E-state index in [0.29, 0.717) is 16.9 Å². The Kier molecular flexibility index (Phi) is 6.95. The Balaban J connectivity index is 1.78. The third-order valence-corrected chi connectivity index (χ3v) is 4.23. The fourth-order valence-corrected chi connectivity index (χ4v) is 2.78. The largest absolute Gasteiger partial charge is 0.496 e. The number of amides is 1. The molecule has 1 N–H and O–H groups in total. The van der Waals surface area contributed by atoms with Crippen molar-refractivity contribution < 1.29 is 23.5 Å². The van der Waals surface area contributed by atoms with Crippen LogP contribution in [0.25, 0.3) is 11.6 Å². The standard InChI is InChI=1S/C24H20FNO4/c1-29-22-14-8-5-11-18(22)15-19(17-9-3-2-4-10-17)24(28)30-16-23(27)26-21-13-7-6-12-20(21)25/h2-15H,16H2,1H3,(H,26,27)/b19-15+. The van der Waals surface area contributed by atoms with Gasteiger partial charge in [0.2, 0.25) is 0 Å². The molecule has 0 aliphatic heterocycles. The quantitative estimate of drug-likeness (QED) is 0.356. The first-order valence-electron chi connectivity index (χ1n) is 9.20. The van der Waals surface area contributed by atoms with Crippen LogP contribution in [0.15, 0.2) is 78.9 Å². The molecule has 5 nitrogen and oxygen atoms in total. The Labute approximate surface area is 173 Å².